The molecule has 1 aliphatic rings. The number of carbonyl (C=O) groups is 1. The van der Waals surface area contributed by atoms with Crippen molar-refractivity contribution in [3.05, 3.63) is 41.7 Å². The molecule has 7 nitrogen and oxygen atoms in total. The molecular weight excluding hydrogens is 342 g/mol. The fourth-order valence-corrected chi connectivity index (χ4v) is 2.93. The van der Waals surface area contributed by atoms with Crippen molar-refractivity contribution in [1.82, 2.24) is 14.9 Å². The third kappa shape index (κ3) is 4.30. The zero-order chi connectivity index (χ0) is 17.6. The van der Waals surface area contributed by atoms with Crippen molar-refractivity contribution in [1.29, 1.82) is 0 Å². The number of halogens is 1. The van der Waals surface area contributed by atoms with E-state index in [0.29, 0.717) is 29.8 Å². The number of amides is 1. The van der Waals surface area contributed by atoms with E-state index in [9.17, 15) is 4.79 Å². The number of hydrogen-bond donors (Lipinski definition) is 1. The van der Waals surface area contributed by atoms with Gasteiger partial charge in [-0.15, -0.1) is 0 Å². The molecule has 1 aromatic heterocycles. The van der Waals surface area contributed by atoms with E-state index in [4.69, 9.17) is 16.3 Å². The van der Waals surface area contributed by atoms with Gasteiger partial charge in [0.25, 0.3) is 0 Å². The summed E-state index contributed by atoms with van der Waals surface area (Å²) in [5, 5.41) is 3.62. The van der Waals surface area contributed by atoms with Gasteiger partial charge in [0.15, 0.2) is 0 Å². The third-order valence-corrected chi connectivity index (χ3v) is 4.36. The molecule has 1 aliphatic heterocycles. The van der Waals surface area contributed by atoms with Crippen LogP contribution in [0, 0.1) is 0 Å². The molecule has 2 aromatic rings. The molecule has 0 atom stereocenters. The molecule has 25 heavy (non-hydrogen) atoms. The van der Waals surface area contributed by atoms with Crippen LogP contribution in [0.1, 0.15) is 0 Å². The van der Waals surface area contributed by atoms with Crippen molar-refractivity contribution in [3.63, 3.8) is 0 Å². The Hall–Kier alpha value is -2.54. The summed E-state index contributed by atoms with van der Waals surface area (Å²) in [6, 6.07) is 7.15. The number of benzene rings is 1. The molecule has 0 spiro atoms. The van der Waals surface area contributed by atoms with Gasteiger partial charge in [-0.2, -0.15) is 0 Å². The van der Waals surface area contributed by atoms with Gasteiger partial charge in [0.1, 0.15) is 5.75 Å². The molecule has 1 N–H and O–H groups in total. The molecule has 1 amide bonds. The summed E-state index contributed by atoms with van der Waals surface area (Å²) in [7, 11) is 1.57. The SMILES string of the molecule is COc1ccc(NCC(=O)N2CCN(c3ncccn3)CC2)cc1Cl. The Morgan fingerprint density at radius 1 is 1.24 bits per heavy atom. The minimum absolute atomic E-state index is 0.0561. The Balaban J connectivity index is 1.49. The summed E-state index contributed by atoms with van der Waals surface area (Å²) in [5.41, 5.74) is 0.787. The fraction of sp³-hybridized carbons (Fsp3) is 0.353. The highest BCUT2D eigenvalue weighted by atomic mass is 35.5. The Kier molecular flexibility index (Phi) is 5.55. The first-order valence-electron chi connectivity index (χ1n) is 8.04. The fourth-order valence-electron chi connectivity index (χ4n) is 2.68. The van der Waals surface area contributed by atoms with Crippen molar-refractivity contribution >= 4 is 29.1 Å². The lowest BCUT2D eigenvalue weighted by molar-refractivity contribution is -0.129. The van der Waals surface area contributed by atoms with Gasteiger partial charge in [-0.1, -0.05) is 11.6 Å². The van der Waals surface area contributed by atoms with Gasteiger partial charge in [-0.25, -0.2) is 9.97 Å². The quantitative estimate of drug-likeness (QED) is 0.877. The minimum atomic E-state index is 0.0561. The molecule has 2 heterocycles. The smallest absolute Gasteiger partial charge is 0.241 e. The maximum Gasteiger partial charge on any atom is 0.241 e. The van der Waals surface area contributed by atoms with Crippen molar-refractivity contribution in [2.75, 3.05) is 50.1 Å². The molecule has 8 heteroatoms. The Labute approximate surface area is 151 Å². The maximum atomic E-state index is 12.4. The van der Waals surface area contributed by atoms with Gasteiger partial charge in [-0.3, -0.25) is 4.79 Å². The van der Waals surface area contributed by atoms with Crippen LogP contribution in [-0.2, 0) is 4.79 Å². The predicted octanol–water partition coefficient (Wildman–Crippen LogP) is 1.90. The van der Waals surface area contributed by atoms with Gasteiger partial charge < -0.3 is 19.9 Å². The van der Waals surface area contributed by atoms with Gasteiger partial charge in [0.05, 0.1) is 18.7 Å². The number of rotatable bonds is 5. The van der Waals surface area contributed by atoms with Crippen LogP contribution in [0.15, 0.2) is 36.7 Å². The zero-order valence-electron chi connectivity index (χ0n) is 14.0. The second kappa shape index (κ2) is 8.02. The molecule has 1 aromatic carbocycles. The minimum Gasteiger partial charge on any atom is -0.495 e. The van der Waals surface area contributed by atoms with E-state index in [2.05, 4.69) is 20.2 Å². The van der Waals surface area contributed by atoms with Crippen LogP contribution >= 0.6 is 11.6 Å². The van der Waals surface area contributed by atoms with Gasteiger partial charge in [-0.05, 0) is 24.3 Å². The average molecular weight is 362 g/mol. The summed E-state index contributed by atoms with van der Waals surface area (Å²) in [5.74, 6) is 1.37. The number of nitrogens with zero attached hydrogens (tertiary/aromatic N) is 4. The second-order valence-corrected chi connectivity index (χ2v) is 6.03. The highest BCUT2D eigenvalue weighted by molar-refractivity contribution is 6.32. The summed E-state index contributed by atoms with van der Waals surface area (Å²) < 4.78 is 5.12. The number of methoxy groups -OCH3 is 1. The van der Waals surface area contributed by atoms with Crippen LogP contribution in [0.3, 0.4) is 0 Å². The highest BCUT2D eigenvalue weighted by Crippen LogP contribution is 2.27. The van der Waals surface area contributed by atoms with E-state index in [0.717, 1.165) is 18.8 Å². The summed E-state index contributed by atoms with van der Waals surface area (Å²) in [4.78, 5) is 24.8. The summed E-state index contributed by atoms with van der Waals surface area (Å²) in [6.45, 7) is 2.99. The standard InChI is InChI=1S/C17H20ClN5O2/c1-25-15-4-3-13(11-14(15)18)21-12-16(24)22-7-9-23(10-8-22)17-19-5-2-6-20-17/h2-6,11,21H,7-10,12H2,1H3. The van der Waals surface area contributed by atoms with Crippen LogP contribution in [0.25, 0.3) is 0 Å². The molecular formula is C17H20ClN5O2. The molecule has 3 rings (SSSR count). The first kappa shape index (κ1) is 17.3. The number of piperazine rings is 1. The molecule has 132 valence electrons. The van der Waals surface area contributed by atoms with Crippen LogP contribution in [0.4, 0.5) is 11.6 Å². The van der Waals surface area contributed by atoms with E-state index in [1.54, 1.807) is 37.7 Å². The largest absolute Gasteiger partial charge is 0.495 e. The van der Waals surface area contributed by atoms with Crippen LogP contribution < -0.4 is 15.0 Å². The first-order chi connectivity index (χ1) is 12.2. The molecule has 0 radical (unpaired) electrons. The Morgan fingerprint density at radius 2 is 1.96 bits per heavy atom. The first-order valence-corrected chi connectivity index (χ1v) is 8.42. The lowest BCUT2D eigenvalue weighted by atomic mass is 10.3. The van der Waals surface area contributed by atoms with Crippen molar-refractivity contribution in [3.8, 4) is 5.75 Å². The van der Waals surface area contributed by atoms with Gasteiger partial charge >= 0.3 is 0 Å². The number of hydrogen-bond acceptors (Lipinski definition) is 6. The van der Waals surface area contributed by atoms with Crippen LogP contribution in [0.5, 0.6) is 5.75 Å². The van der Waals surface area contributed by atoms with Crippen molar-refractivity contribution < 1.29 is 9.53 Å². The van der Waals surface area contributed by atoms with Crippen LogP contribution in [0.2, 0.25) is 5.02 Å². The van der Waals surface area contributed by atoms with Gasteiger partial charge in [0, 0.05) is 44.3 Å². The van der Waals surface area contributed by atoms with E-state index < -0.39 is 0 Å². The number of carbonyl (C=O) groups excluding carboxylic acids is 1. The summed E-state index contributed by atoms with van der Waals surface area (Å²) >= 11 is 6.09. The molecule has 0 saturated carbocycles. The molecule has 0 unspecified atom stereocenters. The van der Waals surface area contributed by atoms with Crippen molar-refractivity contribution in [2.45, 2.75) is 0 Å². The topological polar surface area (TPSA) is 70.6 Å². The van der Waals surface area contributed by atoms with Crippen molar-refractivity contribution in [2.24, 2.45) is 0 Å². The molecule has 0 bridgehead atoms. The molecule has 1 fully saturated rings. The third-order valence-electron chi connectivity index (χ3n) is 4.06. The Bertz CT molecular complexity index is 720. The zero-order valence-corrected chi connectivity index (χ0v) is 14.7. The summed E-state index contributed by atoms with van der Waals surface area (Å²) in [6.07, 6.45) is 3.45. The van der Waals surface area contributed by atoms with E-state index in [1.807, 2.05) is 11.0 Å². The van der Waals surface area contributed by atoms with Crippen LogP contribution in [-0.4, -0.2) is 60.6 Å². The second-order valence-electron chi connectivity index (χ2n) is 5.62. The normalized spacial score (nSPS) is 14.3. The highest BCUT2D eigenvalue weighted by Gasteiger charge is 2.22. The number of aromatic nitrogens is 2. The monoisotopic (exact) mass is 361 g/mol. The van der Waals surface area contributed by atoms with E-state index in [-0.39, 0.29) is 12.5 Å². The average Bonchev–Trinajstić information content (AvgIpc) is 2.67. The van der Waals surface area contributed by atoms with Gasteiger partial charge in [0.2, 0.25) is 11.9 Å². The number of nitrogens with one attached hydrogen (secondary N) is 1. The lowest BCUT2D eigenvalue weighted by Crippen LogP contribution is -2.50. The molecule has 0 aliphatic carbocycles. The number of anilines is 2. The molecule has 1 saturated heterocycles. The van der Waals surface area contributed by atoms with E-state index >= 15 is 0 Å². The predicted molar refractivity (Wildman–Crippen MR) is 97.3 cm³/mol. The number of ether oxygens (including phenoxy) is 1. The Morgan fingerprint density at radius 3 is 2.60 bits per heavy atom. The van der Waals surface area contributed by atoms with E-state index in [1.165, 1.54) is 0 Å². The lowest BCUT2D eigenvalue weighted by Gasteiger charge is -2.34. The maximum absolute atomic E-state index is 12.4.